The van der Waals surface area contributed by atoms with Gasteiger partial charge in [0.25, 0.3) is 15.9 Å². The van der Waals surface area contributed by atoms with E-state index in [4.69, 9.17) is 11.6 Å². The van der Waals surface area contributed by atoms with Crippen molar-refractivity contribution in [3.63, 3.8) is 0 Å². The molecule has 3 aromatic carbocycles. The van der Waals surface area contributed by atoms with Gasteiger partial charge in [-0.2, -0.15) is 0 Å². The minimum atomic E-state index is -3.74. The number of carbonyl (C=O) groups is 1. The molecule has 1 atom stereocenters. The number of sulfonamides is 1. The van der Waals surface area contributed by atoms with Gasteiger partial charge in [-0.25, -0.2) is 8.42 Å². The van der Waals surface area contributed by atoms with Gasteiger partial charge in [-0.15, -0.1) is 0 Å². The number of carbonyl (C=O) groups excluding carboxylic acids is 1. The average molecular weight is 429 g/mol. The van der Waals surface area contributed by atoms with Crippen LogP contribution in [0.2, 0.25) is 5.02 Å². The van der Waals surface area contributed by atoms with Gasteiger partial charge in [0.05, 0.1) is 16.6 Å². The second-order valence-electron chi connectivity index (χ2n) is 6.69. The van der Waals surface area contributed by atoms with E-state index < -0.39 is 10.0 Å². The summed E-state index contributed by atoms with van der Waals surface area (Å²) in [5, 5.41) is 3.52. The van der Waals surface area contributed by atoms with Crippen LogP contribution in [0.25, 0.3) is 0 Å². The highest BCUT2D eigenvalue weighted by Gasteiger charge is 2.17. The molecule has 0 heterocycles. The predicted octanol–water partition coefficient (Wildman–Crippen LogP) is 4.94. The van der Waals surface area contributed by atoms with Crippen molar-refractivity contribution in [3.8, 4) is 0 Å². The fourth-order valence-corrected chi connectivity index (χ4v) is 4.05. The number of nitrogens with one attached hydrogen (secondary N) is 2. The molecule has 0 spiro atoms. The highest BCUT2D eigenvalue weighted by Crippen LogP contribution is 2.20. The number of amides is 1. The summed E-state index contributed by atoms with van der Waals surface area (Å²) in [5.74, 6) is -0.289. The van der Waals surface area contributed by atoms with Gasteiger partial charge in [-0.1, -0.05) is 41.9 Å². The molecule has 2 N–H and O–H groups in total. The monoisotopic (exact) mass is 428 g/mol. The third kappa shape index (κ3) is 5.16. The van der Waals surface area contributed by atoms with Gasteiger partial charge in [0.15, 0.2) is 0 Å². The van der Waals surface area contributed by atoms with Crippen LogP contribution in [0.1, 0.15) is 34.5 Å². The standard InChI is InChI=1S/C22H21ClN2O3S/c1-15-5-3-4-6-21(15)25-29(27,28)20-13-9-18(10-14-20)22(26)24-16(2)17-7-11-19(23)12-8-17/h3-14,16,25H,1-2H3,(H,24,26). The molecule has 0 aliphatic heterocycles. The summed E-state index contributed by atoms with van der Waals surface area (Å²) in [4.78, 5) is 12.6. The molecule has 0 saturated heterocycles. The quantitative estimate of drug-likeness (QED) is 0.583. The Bertz CT molecular complexity index is 1110. The van der Waals surface area contributed by atoms with Crippen LogP contribution in [0.4, 0.5) is 5.69 Å². The molecule has 0 saturated carbocycles. The lowest BCUT2D eigenvalue weighted by Gasteiger charge is -2.15. The molecule has 0 aliphatic carbocycles. The molecule has 0 aromatic heterocycles. The first kappa shape index (κ1) is 20.9. The van der Waals surface area contributed by atoms with Crippen LogP contribution in [0.5, 0.6) is 0 Å². The Hall–Kier alpha value is -2.83. The van der Waals surface area contributed by atoms with Gasteiger partial charge in [-0.05, 0) is 67.4 Å². The second-order valence-corrected chi connectivity index (χ2v) is 8.81. The molecule has 0 radical (unpaired) electrons. The van der Waals surface area contributed by atoms with E-state index in [1.807, 2.05) is 38.1 Å². The molecule has 150 valence electrons. The van der Waals surface area contributed by atoms with Gasteiger partial charge in [0.2, 0.25) is 0 Å². The molecule has 3 rings (SSSR count). The minimum Gasteiger partial charge on any atom is -0.346 e. The zero-order valence-corrected chi connectivity index (χ0v) is 17.6. The van der Waals surface area contributed by atoms with Crippen molar-refractivity contribution in [1.82, 2.24) is 5.32 Å². The van der Waals surface area contributed by atoms with Crippen LogP contribution < -0.4 is 10.0 Å². The lowest BCUT2D eigenvalue weighted by atomic mass is 10.1. The number of para-hydroxylation sites is 1. The Morgan fingerprint density at radius 1 is 0.931 bits per heavy atom. The van der Waals surface area contributed by atoms with E-state index >= 15 is 0 Å². The smallest absolute Gasteiger partial charge is 0.261 e. The molecule has 0 fully saturated rings. The maximum Gasteiger partial charge on any atom is 0.261 e. The lowest BCUT2D eigenvalue weighted by Crippen LogP contribution is -2.26. The van der Waals surface area contributed by atoms with Crippen molar-refractivity contribution in [2.75, 3.05) is 4.72 Å². The molecule has 0 aliphatic rings. The average Bonchev–Trinajstić information content (AvgIpc) is 2.70. The van der Waals surface area contributed by atoms with Crippen molar-refractivity contribution in [3.05, 3.63) is 94.5 Å². The van der Waals surface area contributed by atoms with Crippen molar-refractivity contribution < 1.29 is 13.2 Å². The molecular formula is C22H21ClN2O3S. The van der Waals surface area contributed by atoms with E-state index in [-0.39, 0.29) is 16.8 Å². The van der Waals surface area contributed by atoms with E-state index in [1.54, 1.807) is 24.3 Å². The SMILES string of the molecule is Cc1ccccc1NS(=O)(=O)c1ccc(C(=O)NC(C)c2ccc(Cl)cc2)cc1. The Labute approximate surface area is 175 Å². The summed E-state index contributed by atoms with van der Waals surface area (Å²) in [5.41, 5.74) is 2.64. The molecule has 0 bridgehead atoms. The van der Waals surface area contributed by atoms with Gasteiger partial charge in [-0.3, -0.25) is 9.52 Å². The fraction of sp³-hybridized carbons (Fsp3) is 0.136. The predicted molar refractivity (Wildman–Crippen MR) is 116 cm³/mol. The number of halogens is 1. The largest absolute Gasteiger partial charge is 0.346 e. The van der Waals surface area contributed by atoms with Crippen LogP contribution in [-0.4, -0.2) is 14.3 Å². The summed E-state index contributed by atoms with van der Waals surface area (Å²) >= 11 is 5.89. The first-order chi connectivity index (χ1) is 13.8. The maximum atomic E-state index is 12.6. The number of hydrogen-bond acceptors (Lipinski definition) is 3. The Balaban J connectivity index is 1.71. The van der Waals surface area contributed by atoms with Gasteiger partial charge >= 0.3 is 0 Å². The molecule has 1 unspecified atom stereocenters. The zero-order chi connectivity index (χ0) is 21.0. The molecule has 3 aromatic rings. The van der Waals surface area contributed by atoms with Crippen LogP contribution >= 0.6 is 11.6 Å². The van der Waals surface area contributed by atoms with Crippen LogP contribution in [-0.2, 0) is 10.0 Å². The van der Waals surface area contributed by atoms with Crippen molar-refractivity contribution >= 4 is 33.2 Å². The Morgan fingerprint density at radius 3 is 2.17 bits per heavy atom. The topological polar surface area (TPSA) is 75.3 Å². The summed E-state index contributed by atoms with van der Waals surface area (Å²) in [6, 6.07) is 20.0. The first-order valence-corrected chi connectivity index (χ1v) is 10.9. The van der Waals surface area contributed by atoms with E-state index in [1.165, 1.54) is 24.3 Å². The fourth-order valence-electron chi connectivity index (χ4n) is 2.79. The summed E-state index contributed by atoms with van der Waals surface area (Å²) < 4.78 is 27.8. The van der Waals surface area contributed by atoms with Crippen LogP contribution in [0, 0.1) is 6.92 Å². The molecular weight excluding hydrogens is 408 g/mol. The van der Waals surface area contributed by atoms with Crippen molar-refractivity contribution in [2.45, 2.75) is 24.8 Å². The van der Waals surface area contributed by atoms with Gasteiger partial charge in [0, 0.05) is 10.6 Å². The normalized spacial score (nSPS) is 12.2. The highest BCUT2D eigenvalue weighted by atomic mass is 35.5. The second kappa shape index (κ2) is 8.68. The first-order valence-electron chi connectivity index (χ1n) is 9.01. The van der Waals surface area contributed by atoms with E-state index in [9.17, 15) is 13.2 Å². The van der Waals surface area contributed by atoms with Crippen LogP contribution in [0.15, 0.2) is 77.7 Å². The van der Waals surface area contributed by atoms with Gasteiger partial charge in [0.1, 0.15) is 0 Å². The van der Waals surface area contributed by atoms with Crippen molar-refractivity contribution in [1.29, 1.82) is 0 Å². The lowest BCUT2D eigenvalue weighted by molar-refractivity contribution is 0.0940. The third-order valence-corrected chi connectivity index (χ3v) is 6.17. The van der Waals surface area contributed by atoms with E-state index in [2.05, 4.69) is 10.0 Å². The number of aryl methyl sites for hydroxylation is 1. The molecule has 7 heteroatoms. The molecule has 29 heavy (non-hydrogen) atoms. The summed E-state index contributed by atoms with van der Waals surface area (Å²) in [6.07, 6.45) is 0. The number of anilines is 1. The highest BCUT2D eigenvalue weighted by molar-refractivity contribution is 7.92. The summed E-state index contributed by atoms with van der Waals surface area (Å²) in [6.45, 7) is 3.69. The maximum absolute atomic E-state index is 12.6. The van der Waals surface area contributed by atoms with Crippen molar-refractivity contribution in [2.24, 2.45) is 0 Å². The van der Waals surface area contributed by atoms with Gasteiger partial charge < -0.3 is 5.32 Å². The molecule has 5 nitrogen and oxygen atoms in total. The summed E-state index contributed by atoms with van der Waals surface area (Å²) in [7, 11) is -3.74. The molecule has 1 amide bonds. The minimum absolute atomic E-state index is 0.0862. The third-order valence-electron chi connectivity index (χ3n) is 4.53. The Kier molecular flexibility index (Phi) is 6.25. The van der Waals surface area contributed by atoms with E-state index in [0.717, 1.165) is 11.1 Å². The van der Waals surface area contributed by atoms with E-state index in [0.29, 0.717) is 16.3 Å². The Morgan fingerprint density at radius 2 is 1.55 bits per heavy atom. The number of hydrogen-bond donors (Lipinski definition) is 2. The zero-order valence-electron chi connectivity index (χ0n) is 16.0. The number of benzene rings is 3. The van der Waals surface area contributed by atoms with Crippen LogP contribution in [0.3, 0.4) is 0 Å². The number of rotatable bonds is 6.